The molecule has 170 valence electrons. The van der Waals surface area contributed by atoms with Crippen molar-refractivity contribution in [1.82, 2.24) is 14.0 Å². The van der Waals surface area contributed by atoms with Gasteiger partial charge in [-0.1, -0.05) is 48.5 Å². The Morgan fingerprint density at radius 2 is 1.76 bits per heavy atom. The molecule has 0 amide bonds. The van der Waals surface area contributed by atoms with E-state index in [9.17, 15) is 9.59 Å². The normalized spacial score (nSPS) is 16.5. The van der Waals surface area contributed by atoms with Crippen molar-refractivity contribution in [2.45, 2.75) is 25.4 Å². The summed E-state index contributed by atoms with van der Waals surface area (Å²) in [4.78, 5) is 28.8. The molecule has 1 fully saturated rings. The van der Waals surface area contributed by atoms with E-state index in [-0.39, 0.29) is 11.2 Å². The molecule has 7 heteroatoms. The highest BCUT2D eigenvalue weighted by Gasteiger charge is 2.26. The van der Waals surface area contributed by atoms with Crippen molar-refractivity contribution >= 4 is 21.6 Å². The van der Waals surface area contributed by atoms with Crippen molar-refractivity contribution in [3.8, 4) is 5.75 Å². The second-order valence-electron chi connectivity index (χ2n) is 8.47. The fourth-order valence-electron chi connectivity index (χ4n) is 4.78. The first-order valence-electron chi connectivity index (χ1n) is 11.3. The van der Waals surface area contributed by atoms with E-state index >= 15 is 0 Å². The van der Waals surface area contributed by atoms with E-state index in [1.54, 1.807) is 11.7 Å². The summed E-state index contributed by atoms with van der Waals surface area (Å²) in [6.07, 6.45) is 1.04. The largest absolute Gasteiger partial charge is 0.496 e. The van der Waals surface area contributed by atoms with Crippen LogP contribution in [0.1, 0.15) is 23.5 Å². The van der Waals surface area contributed by atoms with Gasteiger partial charge in [0.15, 0.2) is 0 Å². The number of para-hydroxylation sites is 1. The molecule has 6 nitrogen and oxygen atoms in total. The van der Waals surface area contributed by atoms with E-state index in [2.05, 4.69) is 11.0 Å². The van der Waals surface area contributed by atoms with Crippen molar-refractivity contribution in [1.29, 1.82) is 0 Å². The Hall–Kier alpha value is -3.16. The number of aromatic nitrogens is 2. The Kier molecular flexibility index (Phi) is 6.15. The number of nitrogens with zero attached hydrogens (tertiary/aromatic N) is 3. The molecule has 1 unspecified atom stereocenters. The standard InChI is InChI=1S/C26H27N3O3S/c1-32-23-10-6-5-9-21(23)20-11-13-27(18-20)14-15-28-25(30)24-22(12-16-33-24)29(26(28)31)17-19-7-3-2-4-8-19/h2-10,12,16,20H,11,13-15,17-18H2,1H3. The summed E-state index contributed by atoms with van der Waals surface area (Å²) in [6.45, 7) is 3.35. The first-order valence-corrected chi connectivity index (χ1v) is 12.1. The van der Waals surface area contributed by atoms with Crippen LogP contribution in [0.25, 0.3) is 10.2 Å². The van der Waals surface area contributed by atoms with Gasteiger partial charge in [-0.15, -0.1) is 11.3 Å². The van der Waals surface area contributed by atoms with Crippen LogP contribution < -0.4 is 16.0 Å². The lowest BCUT2D eigenvalue weighted by molar-refractivity contribution is 0.312. The Balaban J connectivity index is 1.37. The average Bonchev–Trinajstić information content (AvgIpc) is 3.52. The lowest BCUT2D eigenvalue weighted by atomic mass is 9.97. The summed E-state index contributed by atoms with van der Waals surface area (Å²) in [5.41, 5.74) is 2.55. The van der Waals surface area contributed by atoms with Gasteiger partial charge in [-0.05, 0) is 41.6 Å². The molecule has 0 aliphatic carbocycles. The molecule has 1 saturated heterocycles. The first kappa shape index (κ1) is 21.7. The van der Waals surface area contributed by atoms with Gasteiger partial charge in [-0.2, -0.15) is 0 Å². The molecule has 3 heterocycles. The minimum atomic E-state index is -0.241. The molecular formula is C26H27N3O3S. The number of hydrogen-bond acceptors (Lipinski definition) is 5. The number of benzene rings is 2. The van der Waals surface area contributed by atoms with Gasteiger partial charge in [-0.25, -0.2) is 4.79 Å². The van der Waals surface area contributed by atoms with Crippen molar-refractivity contribution in [2.24, 2.45) is 0 Å². The molecule has 0 N–H and O–H groups in total. The quantitative estimate of drug-likeness (QED) is 0.420. The third kappa shape index (κ3) is 4.26. The Labute approximate surface area is 196 Å². The molecule has 1 aliphatic rings. The van der Waals surface area contributed by atoms with Gasteiger partial charge in [0.2, 0.25) is 0 Å². The number of methoxy groups -OCH3 is 1. The van der Waals surface area contributed by atoms with E-state index in [0.717, 1.165) is 30.8 Å². The number of hydrogen-bond donors (Lipinski definition) is 0. The summed E-state index contributed by atoms with van der Waals surface area (Å²) in [6, 6.07) is 19.9. The molecule has 33 heavy (non-hydrogen) atoms. The van der Waals surface area contributed by atoms with Gasteiger partial charge >= 0.3 is 5.69 Å². The van der Waals surface area contributed by atoms with Crippen LogP contribution in [-0.4, -0.2) is 40.8 Å². The summed E-state index contributed by atoms with van der Waals surface area (Å²) in [5.74, 6) is 1.32. The highest BCUT2D eigenvalue weighted by atomic mass is 32.1. The van der Waals surface area contributed by atoms with Crippen LogP contribution in [0.15, 0.2) is 75.6 Å². The zero-order chi connectivity index (χ0) is 22.8. The number of likely N-dealkylation sites (tertiary alicyclic amines) is 1. The minimum Gasteiger partial charge on any atom is -0.496 e. The van der Waals surface area contributed by atoms with E-state index in [1.807, 2.05) is 60.0 Å². The van der Waals surface area contributed by atoms with Crippen molar-refractivity contribution in [2.75, 3.05) is 26.7 Å². The zero-order valence-corrected chi connectivity index (χ0v) is 19.5. The van der Waals surface area contributed by atoms with Gasteiger partial charge in [0.1, 0.15) is 10.4 Å². The van der Waals surface area contributed by atoms with Crippen LogP contribution >= 0.6 is 11.3 Å². The second kappa shape index (κ2) is 9.37. The van der Waals surface area contributed by atoms with Crippen molar-refractivity contribution in [3.63, 3.8) is 0 Å². The van der Waals surface area contributed by atoms with Crippen LogP contribution in [-0.2, 0) is 13.1 Å². The molecule has 0 bridgehead atoms. The predicted molar refractivity (Wildman–Crippen MR) is 133 cm³/mol. The Morgan fingerprint density at radius 3 is 2.58 bits per heavy atom. The van der Waals surface area contributed by atoms with Crippen LogP contribution in [0.2, 0.25) is 0 Å². The van der Waals surface area contributed by atoms with Gasteiger partial charge in [0.05, 0.1) is 19.2 Å². The summed E-state index contributed by atoms with van der Waals surface area (Å²) in [5, 5.41) is 1.88. The number of rotatable bonds is 7. The highest BCUT2D eigenvalue weighted by molar-refractivity contribution is 7.17. The van der Waals surface area contributed by atoms with Crippen LogP contribution in [0, 0.1) is 0 Å². The topological polar surface area (TPSA) is 56.5 Å². The molecular weight excluding hydrogens is 434 g/mol. The van der Waals surface area contributed by atoms with Crippen LogP contribution in [0.3, 0.4) is 0 Å². The third-order valence-corrected chi connectivity index (χ3v) is 7.40. The average molecular weight is 462 g/mol. The maximum absolute atomic E-state index is 13.4. The maximum Gasteiger partial charge on any atom is 0.331 e. The predicted octanol–water partition coefficient (Wildman–Crippen LogP) is 3.77. The highest BCUT2D eigenvalue weighted by Crippen LogP contribution is 2.33. The monoisotopic (exact) mass is 461 g/mol. The minimum absolute atomic E-state index is 0.185. The van der Waals surface area contributed by atoms with E-state index in [1.165, 1.54) is 21.5 Å². The summed E-state index contributed by atoms with van der Waals surface area (Å²) >= 11 is 1.40. The molecule has 0 spiro atoms. The fourth-order valence-corrected chi connectivity index (χ4v) is 5.63. The molecule has 2 aromatic carbocycles. The zero-order valence-electron chi connectivity index (χ0n) is 18.6. The Morgan fingerprint density at radius 1 is 0.970 bits per heavy atom. The van der Waals surface area contributed by atoms with Crippen molar-refractivity contribution < 1.29 is 4.74 Å². The number of fused-ring (bicyclic) bond motifs is 1. The van der Waals surface area contributed by atoms with Gasteiger partial charge in [-0.3, -0.25) is 13.9 Å². The summed E-state index contributed by atoms with van der Waals surface area (Å²) in [7, 11) is 1.71. The van der Waals surface area contributed by atoms with E-state index < -0.39 is 0 Å². The summed E-state index contributed by atoms with van der Waals surface area (Å²) < 4.78 is 9.32. The third-order valence-electron chi connectivity index (χ3n) is 6.51. The maximum atomic E-state index is 13.4. The van der Waals surface area contributed by atoms with Crippen molar-refractivity contribution in [3.05, 3.63) is 98.0 Å². The van der Waals surface area contributed by atoms with Crippen LogP contribution in [0.5, 0.6) is 5.75 Å². The molecule has 1 aliphatic heterocycles. The molecule has 5 rings (SSSR count). The lowest BCUT2D eigenvalue weighted by Gasteiger charge is -2.18. The SMILES string of the molecule is COc1ccccc1C1CCN(CCn2c(=O)c3sccc3n(Cc3ccccc3)c2=O)C1. The fraction of sp³-hybridized carbons (Fsp3) is 0.308. The first-order chi connectivity index (χ1) is 16.2. The smallest absolute Gasteiger partial charge is 0.331 e. The van der Waals surface area contributed by atoms with Gasteiger partial charge in [0.25, 0.3) is 5.56 Å². The van der Waals surface area contributed by atoms with Gasteiger partial charge < -0.3 is 9.64 Å². The Bertz CT molecular complexity index is 1370. The van der Waals surface area contributed by atoms with E-state index in [0.29, 0.717) is 35.8 Å². The molecule has 1 atom stereocenters. The van der Waals surface area contributed by atoms with E-state index in [4.69, 9.17) is 4.74 Å². The van der Waals surface area contributed by atoms with Crippen LogP contribution in [0.4, 0.5) is 0 Å². The molecule has 2 aromatic heterocycles. The molecule has 4 aromatic rings. The lowest BCUT2D eigenvalue weighted by Crippen LogP contribution is -2.42. The molecule has 0 radical (unpaired) electrons. The van der Waals surface area contributed by atoms with Gasteiger partial charge in [0, 0.05) is 25.6 Å². The number of ether oxygens (including phenoxy) is 1. The second-order valence-corrected chi connectivity index (χ2v) is 9.39. The molecule has 0 saturated carbocycles. The number of thiophene rings is 1.